The van der Waals surface area contributed by atoms with Crippen LogP contribution in [0.1, 0.15) is 64.7 Å². The summed E-state index contributed by atoms with van der Waals surface area (Å²) in [5.41, 5.74) is 0.354. The van der Waals surface area contributed by atoms with E-state index >= 15 is 0 Å². The largest absolute Gasteiger partial charge is 0.434 e. The number of likely N-dealkylation sites (tertiary alicyclic amines) is 1. The molecule has 0 unspecified atom stereocenters. The number of ether oxygens (including phenoxy) is 2. The normalized spacial score (nSPS) is 17.9. The lowest BCUT2D eigenvalue weighted by Crippen LogP contribution is -2.62. The van der Waals surface area contributed by atoms with Gasteiger partial charge in [-0.25, -0.2) is 9.37 Å². The second-order valence-corrected chi connectivity index (χ2v) is 13.5. The van der Waals surface area contributed by atoms with E-state index in [0.717, 1.165) is 52.3 Å². The van der Waals surface area contributed by atoms with Gasteiger partial charge in [0.1, 0.15) is 17.9 Å². The minimum atomic E-state index is -0.499. The Kier molecular flexibility index (Phi) is 11.5. The molecular weight excluding hydrogens is 561 g/mol. The average Bonchev–Trinajstić information content (AvgIpc) is 3.41. The molecule has 3 heterocycles. The highest BCUT2D eigenvalue weighted by Gasteiger charge is 2.50. The van der Waals surface area contributed by atoms with Crippen molar-refractivity contribution in [2.24, 2.45) is 17.3 Å². The zero-order chi connectivity index (χ0) is 32.0. The van der Waals surface area contributed by atoms with Crippen LogP contribution in [0.2, 0.25) is 0 Å². The number of amides is 1. The summed E-state index contributed by atoms with van der Waals surface area (Å²) < 4.78 is 25.7. The number of nitrogens with zero attached hydrogens (tertiary/aromatic N) is 7. The van der Waals surface area contributed by atoms with Crippen LogP contribution in [-0.2, 0) is 4.74 Å². The number of aromatic nitrogens is 3. The summed E-state index contributed by atoms with van der Waals surface area (Å²) >= 11 is 0. The van der Waals surface area contributed by atoms with Gasteiger partial charge in [-0.15, -0.1) is 10.2 Å². The van der Waals surface area contributed by atoms with E-state index in [-0.39, 0.29) is 34.6 Å². The Morgan fingerprint density at radius 1 is 1.16 bits per heavy atom. The van der Waals surface area contributed by atoms with E-state index in [9.17, 15) is 9.18 Å². The van der Waals surface area contributed by atoms with Crippen LogP contribution in [0.25, 0.3) is 0 Å². The summed E-state index contributed by atoms with van der Waals surface area (Å²) in [6.07, 6.45) is 3.66. The lowest BCUT2D eigenvalue weighted by atomic mass is 9.76. The summed E-state index contributed by atoms with van der Waals surface area (Å²) in [5, 5.41) is 8.23. The first-order valence-corrected chi connectivity index (χ1v) is 16.1. The van der Waals surface area contributed by atoms with Crippen LogP contribution in [0.5, 0.6) is 11.6 Å². The third-order valence-corrected chi connectivity index (χ3v) is 9.17. The van der Waals surface area contributed by atoms with Crippen molar-refractivity contribution < 1.29 is 18.7 Å². The van der Waals surface area contributed by atoms with E-state index in [2.05, 4.69) is 57.7 Å². The number of hydrogen-bond acceptors (Lipinski definition) is 9. The Morgan fingerprint density at radius 3 is 2.57 bits per heavy atom. The molecule has 0 aliphatic carbocycles. The van der Waals surface area contributed by atoms with Crippen molar-refractivity contribution in [1.82, 2.24) is 29.9 Å². The van der Waals surface area contributed by atoms with Gasteiger partial charge in [-0.3, -0.25) is 9.69 Å². The highest BCUT2D eigenvalue weighted by molar-refractivity contribution is 5.97. The molecule has 2 aromatic rings. The second kappa shape index (κ2) is 14.9. The molecule has 1 spiro atoms. The molecular formula is C33H52FN7O3. The van der Waals surface area contributed by atoms with E-state index < -0.39 is 5.82 Å². The molecule has 1 amide bonds. The van der Waals surface area contributed by atoms with Crippen molar-refractivity contribution in [2.75, 3.05) is 71.5 Å². The maximum Gasteiger partial charge on any atom is 0.282 e. The summed E-state index contributed by atoms with van der Waals surface area (Å²) in [4.78, 5) is 26.8. The van der Waals surface area contributed by atoms with E-state index in [1.807, 2.05) is 20.8 Å². The van der Waals surface area contributed by atoms with Crippen LogP contribution in [-0.4, -0.2) is 114 Å². The monoisotopic (exact) mass is 613 g/mol. The molecule has 0 radical (unpaired) electrons. The molecule has 2 fully saturated rings. The number of anilines is 1. The summed E-state index contributed by atoms with van der Waals surface area (Å²) in [6, 6.07) is 4.50. The number of benzene rings is 1. The van der Waals surface area contributed by atoms with Gasteiger partial charge >= 0.3 is 0 Å². The fraction of sp³-hybridized carbons (Fsp3) is 0.697. The Labute approximate surface area is 262 Å². The van der Waals surface area contributed by atoms with Gasteiger partial charge in [0.25, 0.3) is 11.8 Å². The van der Waals surface area contributed by atoms with Gasteiger partial charge in [-0.05, 0) is 70.7 Å². The molecule has 0 saturated carbocycles. The molecule has 2 saturated heterocycles. The molecule has 1 aromatic carbocycles. The SMILES string of the molecule is CCN(C(=O)c1cc(F)ccc1Oc1nncnc1N1CCC2(C1)CN([C@@H](C[C@@H](C)CN(C)CCOC)C(C)C)C2)C(C)C. The molecule has 0 N–H and O–H groups in total. The predicted octanol–water partition coefficient (Wildman–Crippen LogP) is 4.81. The quantitative estimate of drug-likeness (QED) is 0.281. The number of carbonyl (C=O) groups is 1. The zero-order valence-corrected chi connectivity index (χ0v) is 27.9. The minimum Gasteiger partial charge on any atom is -0.434 e. The number of methoxy groups -OCH3 is 1. The molecule has 44 heavy (non-hydrogen) atoms. The highest BCUT2D eigenvalue weighted by atomic mass is 19.1. The van der Waals surface area contributed by atoms with Gasteiger partial charge in [-0.2, -0.15) is 0 Å². The highest BCUT2D eigenvalue weighted by Crippen LogP contribution is 2.45. The molecule has 244 valence electrons. The number of hydrogen-bond donors (Lipinski definition) is 0. The van der Waals surface area contributed by atoms with Gasteiger partial charge in [0, 0.05) is 70.4 Å². The lowest BCUT2D eigenvalue weighted by molar-refractivity contribution is -0.0387. The zero-order valence-electron chi connectivity index (χ0n) is 27.9. The molecule has 1 aromatic heterocycles. The number of rotatable bonds is 15. The number of carbonyl (C=O) groups excluding carboxylic acids is 1. The Balaban J connectivity index is 1.43. The van der Waals surface area contributed by atoms with Crippen molar-refractivity contribution in [3.05, 3.63) is 35.9 Å². The fourth-order valence-corrected chi connectivity index (χ4v) is 6.93. The van der Waals surface area contributed by atoms with Gasteiger partial charge in [0.2, 0.25) is 0 Å². The van der Waals surface area contributed by atoms with E-state index in [4.69, 9.17) is 9.47 Å². The molecule has 10 nitrogen and oxygen atoms in total. The minimum absolute atomic E-state index is 0.0408. The van der Waals surface area contributed by atoms with Crippen molar-refractivity contribution in [3.63, 3.8) is 0 Å². The molecule has 11 heteroatoms. The van der Waals surface area contributed by atoms with Crippen LogP contribution in [0.15, 0.2) is 24.5 Å². The van der Waals surface area contributed by atoms with Gasteiger partial charge in [0.05, 0.1) is 12.2 Å². The van der Waals surface area contributed by atoms with E-state index in [1.54, 1.807) is 12.0 Å². The number of likely N-dealkylation sites (N-methyl/N-ethyl adjacent to an activating group) is 1. The van der Waals surface area contributed by atoms with E-state index in [1.165, 1.54) is 30.9 Å². The molecule has 2 aliphatic heterocycles. The van der Waals surface area contributed by atoms with Gasteiger partial charge < -0.3 is 24.2 Å². The Bertz CT molecular complexity index is 1240. The summed E-state index contributed by atoms with van der Waals surface area (Å²) in [7, 11) is 3.93. The molecule has 4 rings (SSSR count). The van der Waals surface area contributed by atoms with Crippen molar-refractivity contribution in [1.29, 1.82) is 0 Å². The van der Waals surface area contributed by atoms with Gasteiger partial charge in [-0.1, -0.05) is 20.8 Å². The van der Waals surface area contributed by atoms with E-state index in [0.29, 0.717) is 30.2 Å². The third-order valence-electron chi connectivity index (χ3n) is 9.17. The second-order valence-electron chi connectivity index (χ2n) is 13.5. The predicted molar refractivity (Wildman–Crippen MR) is 171 cm³/mol. The maximum absolute atomic E-state index is 14.3. The van der Waals surface area contributed by atoms with Crippen molar-refractivity contribution in [3.8, 4) is 11.6 Å². The smallest absolute Gasteiger partial charge is 0.282 e. The Hall–Kier alpha value is -2.89. The van der Waals surface area contributed by atoms with Crippen molar-refractivity contribution in [2.45, 2.75) is 66.5 Å². The van der Waals surface area contributed by atoms with Crippen LogP contribution in [0.3, 0.4) is 0 Å². The third kappa shape index (κ3) is 8.03. The standard InChI is InChI=1S/C33H52FN7O3/c1-9-41(24(4)5)32(42)27-17-26(34)10-11-29(27)44-31-30(35-22-36-37-31)39-13-12-33(19-39)20-40(21-33)28(23(2)3)16-25(6)18-38(7)14-15-43-8/h10-11,17,22-25,28H,9,12-16,18-21H2,1-8H3/t25-,28+/m1/s1. The number of halogens is 1. The molecule has 0 bridgehead atoms. The lowest BCUT2D eigenvalue weighted by Gasteiger charge is -2.53. The van der Waals surface area contributed by atoms with Crippen LogP contribution >= 0.6 is 0 Å². The average molecular weight is 614 g/mol. The fourth-order valence-electron chi connectivity index (χ4n) is 6.93. The maximum atomic E-state index is 14.3. The van der Waals surface area contributed by atoms with Crippen LogP contribution in [0.4, 0.5) is 10.2 Å². The Morgan fingerprint density at radius 2 is 1.91 bits per heavy atom. The first kappa shape index (κ1) is 34.0. The summed E-state index contributed by atoms with van der Waals surface area (Å²) in [6.45, 7) is 19.9. The van der Waals surface area contributed by atoms with Crippen LogP contribution in [0, 0.1) is 23.1 Å². The van der Waals surface area contributed by atoms with Crippen molar-refractivity contribution >= 4 is 11.7 Å². The van der Waals surface area contributed by atoms with Gasteiger partial charge in [0.15, 0.2) is 5.82 Å². The first-order valence-electron chi connectivity index (χ1n) is 16.1. The van der Waals surface area contributed by atoms with Crippen LogP contribution < -0.4 is 9.64 Å². The first-order chi connectivity index (χ1) is 21.0. The topological polar surface area (TPSA) is 87.2 Å². The summed E-state index contributed by atoms with van der Waals surface area (Å²) in [5.74, 6) is 1.45. The molecule has 2 atom stereocenters. The molecule has 2 aliphatic rings.